The van der Waals surface area contributed by atoms with E-state index in [0.717, 1.165) is 4.88 Å². The number of carboxylic acid groups (broad SMARTS) is 2. The van der Waals surface area contributed by atoms with Crippen molar-refractivity contribution >= 4 is 52.5 Å². The minimum absolute atomic E-state index is 0.0545. The van der Waals surface area contributed by atoms with Crippen molar-refractivity contribution in [2.24, 2.45) is 0 Å². The predicted octanol–water partition coefficient (Wildman–Crippen LogP) is 1.68. The second-order valence-corrected chi connectivity index (χ2v) is 6.54. The molecule has 0 saturated heterocycles. The van der Waals surface area contributed by atoms with Crippen LogP contribution in [-0.2, 0) is 20.1 Å². The molecular formula is C11H12ClNO5S2. The molecule has 3 N–H and O–H groups in total. The number of nitrogens with one attached hydrogen (secondary N) is 1. The molecule has 1 aromatic rings. The van der Waals surface area contributed by atoms with Crippen LogP contribution in [0.2, 0.25) is 4.34 Å². The molecule has 0 aliphatic rings. The Labute approximate surface area is 128 Å². The Balaban J connectivity index is 2.34. The third kappa shape index (κ3) is 6.27. The number of hydrogen-bond donors (Lipinski definition) is 3. The second-order valence-electron chi connectivity index (χ2n) is 3.75. The maximum absolute atomic E-state index is 11.5. The number of carbonyl (C=O) groups is 3. The molecule has 1 aromatic heterocycles. The smallest absolute Gasteiger partial charge is 0.326 e. The van der Waals surface area contributed by atoms with E-state index in [1.807, 2.05) is 6.07 Å². The van der Waals surface area contributed by atoms with Crippen molar-refractivity contribution in [2.45, 2.75) is 18.2 Å². The maximum atomic E-state index is 11.5. The van der Waals surface area contributed by atoms with Gasteiger partial charge in [0.25, 0.3) is 0 Å². The molecule has 0 saturated carbocycles. The van der Waals surface area contributed by atoms with E-state index < -0.39 is 30.3 Å². The Bertz CT molecular complexity index is 505. The van der Waals surface area contributed by atoms with Crippen molar-refractivity contribution in [3.63, 3.8) is 0 Å². The zero-order valence-corrected chi connectivity index (χ0v) is 12.6. The number of hydrogen-bond acceptors (Lipinski definition) is 5. The van der Waals surface area contributed by atoms with Gasteiger partial charge in [0, 0.05) is 10.6 Å². The highest BCUT2D eigenvalue weighted by Gasteiger charge is 2.22. The summed E-state index contributed by atoms with van der Waals surface area (Å²) in [5.41, 5.74) is 0. The number of carboxylic acids is 2. The summed E-state index contributed by atoms with van der Waals surface area (Å²) in [6, 6.07) is 2.20. The van der Waals surface area contributed by atoms with E-state index in [1.54, 1.807) is 6.07 Å². The zero-order valence-electron chi connectivity index (χ0n) is 10.2. The highest BCUT2D eigenvalue weighted by atomic mass is 35.5. The summed E-state index contributed by atoms with van der Waals surface area (Å²) in [5.74, 6) is -2.51. The monoisotopic (exact) mass is 337 g/mol. The van der Waals surface area contributed by atoms with Crippen LogP contribution in [0.5, 0.6) is 0 Å². The van der Waals surface area contributed by atoms with Gasteiger partial charge in [-0.25, -0.2) is 4.79 Å². The molecule has 6 nitrogen and oxygen atoms in total. The van der Waals surface area contributed by atoms with E-state index in [1.165, 1.54) is 23.1 Å². The van der Waals surface area contributed by atoms with Gasteiger partial charge in [-0.2, -0.15) is 0 Å². The molecule has 0 aliphatic heterocycles. The highest BCUT2D eigenvalue weighted by Crippen LogP contribution is 2.24. The fraction of sp³-hybridized carbons (Fsp3) is 0.364. The Kier molecular flexibility index (Phi) is 6.83. The highest BCUT2D eigenvalue weighted by molar-refractivity contribution is 7.99. The molecule has 110 valence electrons. The van der Waals surface area contributed by atoms with Crippen LogP contribution in [0, 0.1) is 0 Å². The minimum atomic E-state index is -1.41. The fourth-order valence-corrected chi connectivity index (χ4v) is 3.32. The molecule has 1 heterocycles. The Morgan fingerprint density at radius 3 is 2.55 bits per heavy atom. The summed E-state index contributed by atoms with van der Waals surface area (Å²) in [5, 5.41) is 19.5. The topological polar surface area (TPSA) is 104 Å². The lowest BCUT2D eigenvalue weighted by atomic mass is 10.2. The molecule has 0 aliphatic carbocycles. The van der Waals surface area contributed by atoms with Gasteiger partial charge in [-0.1, -0.05) is 11.6 Å². The van der Waals surface area contributed by atoms with Gasteiger partial charge in [-0.3, -0.25) is 9.59 Å². The molecule has 20 heavy (non-hydrogen) atoms. The second kappa shape index (κ2) is 8.13. The maximum Gasteiger partial charge on any atom is 0.326 e. The van der Waals surface area contributed by atoms with Crippen molar-refractivity contribution in [3.8, 4) is 0 Å². The predicted molar refractivity (Wildman–Crippen MR) is 77.3 cm³/mol. The third-order valence-electron chi connectivity index (χ3n) is 2.12. The van der Waals surface area contributed by atoms with Crippen molar-refractivity contribution < 1.29 is 24.6 Å². The number of rotatable bonds is 8. The summed E-state index contributed by atoms with van der Waals surface area (Å²) in [7, 11) is 0. The van der Waals surface area contributed by atoms with Gasteiger partial charge in [-0.15, -0.1) is 23.1 Å². The Morgan fingerprint density at radius 1 is 1.35 bits per heavy atom. The third-order valence-corrected chi connectivity index (χ3v) is 4.51. The van der Waals surface area contributed by atoms with Gasteiger partial charge >= 0.3 is 11.9 Å². The summed E-state index contributed by atoms with van der Waals surface area (Å²) < 4.78 is 0.664. The number of aliphatic carboxylic acids is 2. The summed E-state index contributed by atoms with van der Waals surface area (Å²) in [6.45, 7) is 0. The molecule has 1 atom stereocenters. The van der Waals surface area contributed by atoms with Gasteiger partial charge in [0.2, 0.25) is 5.91 Å². The summed E-state index contributed by atoms with van der Waals surface area (Å²) in [6.07, 6.45) is -0.647. The van der Waals surface area contributed by atoms with Crippen LogP contribution in [0.3, 0.4) is 0 Å². The average molecular weight is 338 g/mol. The van der Waals surface area contributed by atoms with E-state index in [0.29, 0.717) is 10.1 Å². The molecule has 0 unspecified atom stereocenters. The SMILES string of the molecule is O=C(O)C[C@@H](NC(=O)CSCc1ccc(Cl)s1)C(=O)O. The van der Waals surface area contributed by atoms with Crippen LogP contribution in [0.25, 0.3) is 0 Å². The molecule has 1 amide bonds. The van der Waals surface area contributed by atoms with Crippen LogP contribution in [0.1, 0.15) is 11.3 Å². The first kappa shape index (κ1) is 16.8. The van der Waals surface area contributed by atoms with Crippen LogP contribution in [-0.4, -0.2) is 39.9 Å². The van der Waals surface area contributed by atoms with Crippen LogP contribution < -0.4 is 5.32 Å². The van der Waals surface area contributed by atoms with Crippen LogP contribution in [0.15, 0.2) is 12.1 Å². The van der Waals surface area contributed by atoms with E-state index >= 15 is 0 Å². The largest absolute Gasteiger partial charge is 0.481 e. The lowest BCUT2D eigenvalue weighted by molar-refractivity contribution is -0.147. The van der Waals surface area contributed by atoms with Crippen LogP contribution in [0.4, 0.5) is 0 Å². The molecule has 1 rings (SSSR count). The molecule has 0 aromatic carbocycles. The van der Waals surface area contributed by atoms with Crippen LogP contribution >= 0.6 is 34.7 Å². The Hall–Kier alpha value is -1.25. The first-order valence-electron chi connectivity index (χ1n) is 5.44. The van der Waals surface area contributed by atoms with E-state index in [-0.39, 0.29) is 5.75 Å². The number of thioether (sulfide) groups is 1. The minimum Gasteiger partial charge on any atom is -0.481 e. The van der Waals surface area contributed by atoms with Crippen molar-refractivity contribution in [2.75, 3.05) is 5.75 Å². The lowest BCUT2D eigenvalue weighted by Crippen LogP contribution is -2.43. The molecular weight excluding hydrogens is 326 g/mol. The van der Waals surface area contributed by atoms with E-state index in [4.69, 9.17) is 21.8 Å². The first-order valence-corrected chi connectivity index (χ1v) is 7.79. The normalized spacial score (nSPS) is 11.8. The quantitative estimate of drug-likeness (QED) is 0.666. The van der Waals surface area contributed by atoms with Crippen molar-refractivity contribution in [1.29, 1.82) is 0 Å². The number of thiophene rings is 1. The molecule has 0 radical (unpaired) electrons. The van der Waals surface area contributed by atoms with Gasteiger partial charge in [-0.05, 0) is 12.1 Å². The first-order chi connectivity index (χ1) is 9.38. The van der Waals surface area contributed by atoms with Crippen molar-refractivity contribution in [1.82, 2.24) is 5.32 Å². The summed E-state index contributed by atoms with van der Waals surface area (Å²) in [4.78, 5) is 33.8. The number of halogens is 1. The fourth-order valence-electron chi connectivity index (χ4n) is 1.28. The summed E-state index contributed by atoms with van der Waals surface area (Å²) >= 11 is 8.47. The standard InChI is InChI=1S/C11H12ClNO5S2/c12-8-2-1-6(20-8)4-19-5-9(14)13-7(11(17)18)3-10(15)16/h1-2,7H,3-5H2,(H,13,14)(H,15,16)(H,17,18)/t7-/m1/s1. The van der Waals surface area contributed by atoms with E-state index in [2.05, 4.69) is 5.32 Å². The molecule has 0 bridgehead atoms. The average Bonchev–Trinajstić information content (AvgIpc) is 2.73. The molecule has 0 spiro atoms. The van der Waals surface area contributed by atoms with Crippen molar-refractivity contribution in [3.05, 3.63) is 21.3 Å². The van der Waals surface area contributed by atoms with Gasteiger partial charge in [0.15, 0.2) is 0 Å². The van der Waals surface area contributed by atoms with Gasteiger partial charge in [0.05, 0.1) is 16.5 Å². The van der Waals surface area contributed by atoms with Gasteiger partial charge in [0.1, 0.15) is 6.04 Å². The zero-order chi connectivity index (χ0) is 15.1. The number of amides is 1. The van der Waals surface area contributed by atoms with E-state index in [9.17, 15) is 14.4 Å². The lowest BCUT2D eigenvalue weighted by Gasteiger charge is -2.11. The number of carbonyl (C=O) groups excluding carboxylic acids is 1. The Morgan fingerprint density at radius 2 is 2.05 bits per heavy atom. The molecule has 9 heteroatoms. The van der Waals surface area contributed by atoms with Gasteiger partial charge < -0.3 is 15.5 Å². The molecule has 0 fully saturated rings.